The van der Waals surface area contributed by atoms with Gasteiger partial charge in [0.1, 0.15) is 16.6 Å². The summed E-state index contributed by atoms with van der Waals surface area (Å²) in [7, 11) is -3.85. The van der Waals surface area contributed by atoms with Gasteiger partial charge in [-0.3, -0.25) is 14.3 Å². The fourth-order valence-corrected chi connectivity index (χ4v) is 5.09. The summed E-state index contributed by atoms with van der Waals surface area (Å²) >= 11 is 1.89. The zero-order chi connectivity index (χ0) is 21.0. The van der Waals surface area contributed by atoms with Crippen molar-refractivity contribution in [2.24, 2.45) is 0 Å². The SMILES string of the molecule is CC(=O)SCC(=O)c1ccc(NS(=O)(=O)c2ccc(-c3cc(CF)on3)s2)cc1. The molecule has 0 spiro atoms. The smallest absolute Gasteiger partial charge is 0.271 e. The molecule has 29 heavy (non-hydrogen) atoms. The Morgan fingerprint density at radius 1 is 1.21 bits per heavy atom. The van der Waals surface area contributed by atoms with E-state index in [4.69, 9.17) is 4.52 Å². The van der Waals surface area contributed by atoms with Gasteiger partial charge in [0.05, 0.1) is 10.6 Å². The third-order valence-corrected chi connectivity index (χ3v) is 7.45. The number of sulfonamides is 1. The van der Waals surface area contributed by atoms with Crippen LogP contribution >= 0.6 is 23.1 Å². The van der Waals surface area contributed by atoms with E-state index in [1.165, 1.54) is 43.3 Å². The monoisotopic (exact) mass is 454 g/mol. The van der Waals surface area contributed by atoms with E-state index < -0.39 is 16.7 Å². The Balaban J connectivity index is 1.71. The van der Waals surface area contributed by atoms with Gasteiger partial charge in [0, 0.05) is 24.2 Å². The Bertz CT molecular complexity index is 1140. The van der Waals surface area contributed by atoms with Gasteiger partial charge in [0.2, 0.25) is 0 Å². The second-order valence-corrected chi connectivity index (χ2v) is 9.96. The molecule has 1 N–H and O–H groups in total. The predicted octanol–water partition coefficient (Wildman–Crippen LogP) is 4.14. The number of Topliss-reactive ketones (excluding diaryl/α,β-unsaturated/α-hetero) is 1. The highest BCUT2D eigenvalue weighted by Crippen LogP contribution is 2.31. The maximum Gasteiger partial charge on any atom is 0.271 e. The van der Waals surface area contributed by atoms with E-state index in [0.717, 1.165) is 23.1 Å². The number of aromatic nitrogens is 1. The van der Waals surface area contributed by atoms with Gasteiger partial charge < -0.3 is 4.52 Å². The van der Waals surface area contributed by atoms with Crippen molar-refractivity contribution >= 4 is 49.7 Å². The first-order valence-electron chi connectivity index (χ1n) is 8.19. The summed E-state index contributed by atoms with van der Waals surface area (Å²) in [5.74, 6) is -0.125. The number of ketones is 1. The number of nitrogens with one attached hydrogen (secondary N) is 1. The van der Waals surface area contributed by atoms with Crippen molar-refractivity contribution < 1.29 is 26.9 Å². The summed E-state index contributed by atoms with van der Waals surface area (Å²) in [5.41, 5.74) is 1.03. The summed E-state index contributed by atoms with van der Waals surface area (Å²) < 4.78 is 45.0. The third kappa shape index (κ3) is 5.31. The van der Waals surface area contributed by atoms with Crippen molar-refractivity contribution in [3.05, 3.63) is 53.8 Å². The number of anilines is 1. The van der Waals surface area contributed by atoms with E-state index in [9.17, 15) is 22.4 Å². The van der Waals surface area contributed by atoms with E-state index >= 15 is 0 Å². The molecule has 2 aromatic heterocycles. The molecule has 3 rings (SSSR count). The highest BCUT2D eigenvalue weighted by atomic mass is 32.2. The lowest BCUT2D eigenvalue weighted by molar-refractivity contribution is -0.109. The first kappa shape index (κ1) is 21.2. The van der Waals surface area contributed by atoms with Crippen molar-refractivity contribution in [1.29, 1.82) is 0 Å². The van der Waals surface area contributed by atoms with Crippen molar-refractivity contribution in [2.75, 3.05) is 10.5 Å². The molecule has 11 heteroatoms. The number of alkyl halides is 1. The van der Waals surface area contributed by atoms with Crippen LogP contribution in [0.1, 0.15) is 23.0 Å². The molecule has 0 aliphatic rings. The Morgan fingerprint density at radius 2 is 1.93 bits per heavy atom. The minimum absolute atomic E-state index is 0.0323. The Labute approximate surface area is 174 Å². The first-order valence-corrected chi connectivity index (χ1v) is 11.5. The number of halogens is 1. The van der Waals surface area contributed by atoms with Gasteiger partial charge in [-0.1, -0.05) is 16.9 Å². The molecule has 2 heterocycles. The van der Waals surface area contributed by atoms with Gasteiger partial charge in [0.15, 0.2) is 16.7 Å². The summed E-state index contributed by atoms with van der Waals surface area (Å²) in [6.07, 6.45) is 0. The van der Waals surface area contributed by atoms with E-state index in [-0.39, 0.29) is 32.3 Å². The van der Waals surface area contributed by atoms with Gasteiger partial charge in [-0.05, 0) is 36.4 Å². The van der Waals surface area contributed by atoms with Crippen molar-refractivity contribution in [3.8, 4) is 10.6 Å². The normalized spacial score (nSPS) is 11.4. The third-order valence-electron chi connectivity index (χ3n) is 3.65. The molecule has 0 fully saturated rings. The standard InChI is InChI=1S/C18H15FN2O5S3/c1-11(22)27-10-16(23)12-2-4-13(5-3-12)21-29(24,25)18-7-6-17(28-18)15-8-14(9-19)26-20-15/h2-8,21H,9-10H2,1H3. The zero-order valence-corrected chi connectivity index (χ0v) is 17.5. The zero-order valence-electron chi connectivity index (χ0n) is 15.0. The number of nitrogens with zero attached hydrogens (tertiary/aromatic N) is 1. The highest BCUT2D eigenvalue weighted by Gasteiger charge is 2.19. The van der Waals surface area contributed by atoms with Crippen LogP contribution in [0.4, 0.5) is 10.1 Å². The largest absolute Gasteiger partial charge is 0.358 e. The molecule has 0 radical (unpaired) electrons. The van der Waals surface area contributed by atoms with Crippen LogP contribution < -0.4 is 4.72 Å². The van der Waals surface area contributed by atoms with Crippen LogP contribution in [0, 0.1) is 0 Å². The average Bonchev–Trinajstić information content (AvgIpc) is 3.35. The fraction of sp³-hybridized carbons (Fsp3) is 0.167. The van der Waals surface area contributed by atoms with E-state index in [2.05, 4.69) is 9.88 Å². The Kier molecular flexibility index (Phi) is 6.50. The van der Waals surface area contributed by atoms with Gasteiger partial charge in [0.25, 0.3) is 10.0 Å². The number of thiophene rings is 1. The minimum atomic E-state index is -3.85. The van der Waals surface area contributed by atoms with Crippen LogP contribution in [0.2, 0.25) is 0 Å². The molecule has 3 aromatic rings. The fourth-order valence-electron chi connectivity index (χ4n) is 2.27. The van der Waals surface area contributed by atoms with Crippen LogP contribution in [0.5, 0.6) is 0 Å². The topological polar surface area (TPSA) is 106 Å². The molecular weight excluding hydrogens is 439 g/mol. The molecule has 1 aromatic carbocycles. The lowest BCUT2D eigenvalue weighted by Crippen LogP contribution is -2.11. The minimum Gasteiger partial charge on any atom is -0.358 e. The van der Waals surface area contributed by atoms with Crippen LogP contribution in [0.3, 0.4) is 0 Å². The maximum absolute atomic E-state index is 12.6. The maximum atomic E-state index is 12.6. The van der Waals surface area contributed by atoms with E-state index in [1.807, 2.05) is 0 Å². The van der Waals surface area contributed by atoms with Crippen LogP contribution in [0.25, 0.3) is 10.6 Å². The Hall–Kier alpha value is -2.50. The number of carbonyl (C=O) groups excluding carboxylic acids is 2. The molecule has 152 valence electrons. The van der Waals surface area contributed by atoms with Gasteiger partial charge in [-0.15, -0.1) is 11.3 Å². The van der Waals surface area contributed by atoms with E-state index in [0.29, 0.717) is 16.1 Å². The first-order chi connectivity index (χ1) is 13.8. The summed E-state index contributed by atoms with van der Waals surface area (Å²) in [6, 6.07) is 10.3. The lowest BCUT2D eigenvalue weighted by atomic mass is 10.1. The number of hydrogen-bond acceptors (Lipinski definition) is 8. The number of carbonyl (C=O) groups is 2. The molecule has 0 atom stereocenters. The number of benzene rings is 1. The van der Waals surface area contributed by atoms with Crippen LogP contribution in [-0.4, -0.2) is 30.2 Å². The van der Waals surface area contributed by atoms with Crippen molar-refractivity contribution in [2.45, 2.75) is 17.8 Å². The molecule has 7 nitrogen and oxygen atoms in total. The molecule has 0 saturated heterocycles. The second-order valence-electron chi connectivity index (χ2n) is 5.82. The molecule has 0 amide bonds. The number of rotatable bonds is 8. The molecule has 0 bridgehead atoms. The predicted molar refractivity (Wildman–Crippen MR) is 109 cm³/mol. The number of thioether (sulfide) groups is 1. The molecule has 0 saturated carbocycles. The summed E-state index contributed by atoms with van der Waals surface area (Å²) in [6.45, 7) is 0.589. The van der Waals surface area contributed by atoms with Crippen molar-refractivity contribution in [3.63, 3.8) is 0 Å². The van der Waals surface area contributed by atoms with Crippen LogP contribution in [-0.2, 0) is 21.5 Å². The second kappa shape index (κ2) is 8.89. The van der Waals surface area contributed by atoms with E-state index in [1.54, 1.807) is 6.07 Å². The van der Waals surface area contributed by atoms with Gasteiger partial charge in [-0.25, -0.2) is 12.8 Å². The van der Waals surface area contributed by atoms with Gasteiger partial charge in [-0.2, -0.15) is 0 Å². The molecule has 0 aliphatic carbocycles. The molecule has 0 aliphatic heterocycles. The average molecular weight is 455 g/mol. The van der Waals surface area contributed by atoms with Crippen LogP contribution in [0.15, 0.2) is 51.2 Å². The van der Waals surface area contributed by atoms with Crippen molar-refractivity contribution in [1.82, 2.24) is 5.16 Å². The summed E-state index contributed by atoms with van der Waals surface area (Å²) in [4.78, 5) is 23.4. The number of hydrogen-bond donors (Lipinski definition) is 1. The lowest BCUT2D eigenvalue weighted by Gasteiger charge is -2.07. The molecular formula is C18H15FN2O5S3. The Morgan fingerprint density at radius 3 is 2.55 bits per heavy atom. The molecule has 0 unspecified atom stereocenters. The summed E-state index contributed by atoms with van der Waals surface area (Å²) in [5, 5.41) is 3.57. The van der Waals surface area contributed by atoms with Gasteiger partial charge >= 0.3 is 0 Å². The quantitative estimate of drug-likeness (QED) is 0.510. The highest BCUT2D eigenvalue weighted by molar-refractivity contribution is 8.14.